The Bertz CT molecular complexity index is 1290. The molecule has 0 aliphatic carbocycles. The molecule has 1 saturated heterocycles. The van der Waals surface area contributed by atoms with E-state index < -0.39 is 56.3 Å². The Hall–Kier alpha value is -3.18. The SMILES string of the molecule is Nc1nc2c(ncn2[C@@H]2O[C@H](CN(C(=O)[C@@H](N)Cc3cnc[nH]3)P(=O)(O)O)C(O)C2O)c(=O)[nH]1. The lowest BCUT2D eigenvalue weighted by atomic mass is 10.1. The Kier molecular flexibility index (Phi) is 6.26. The number of aliphatic hydroxyl groups excluding tert-OH is 2. The van der Waals surface area contributed by atoms with Crippen molar-refractivity contribution < 1.29 is 34.1 Å². The quantitative estimate of drug-likeness (QED) is 0.147. The molecule has 184 valence electrons. The lowest BCUT2D eigenvalue weighted by Gasteiger charge is -2.29. The smallest absolute Gasteiger partial charge is 0.387 e. The van der Waals surface area contributed by atoms with Gasteiger partial charge in [-0.05, 0) is 0 Å². The van der Waals surface area contributed by atoms with Gasteiger partial charge in [0.15, 0.2) is 17.4 Å². The van der Waals surface area contributed by atoms with Crippen LogP contribution < -0.4 is 17.0 Å². The summed E-state index contributed by atoms with van der Waals surface area (Å²) in [4.78, 5) is 60.9. The van der Waals surface area contributed by atoms with Gasteiger partial charge in [-0.1, -0.05) is 0 Å². The standard InChI is InChI=1S/C16H22N9O8P/c17-7(1-6-2-19-4-20-6)14(29)25(34(30,31)32)3-8-10(26)11(27)15(33-8)24-5-21-9-12(24)22-16(18)23-13(9)28/h2,4-5,7-8,10-11,15,26-27H,1,3,17H2,(H,19,20)(H2,30,31,32)(H3,18,22,23,28)/t7-,8+,10?,11?,15+/m0/s1. The van der Waals surface area contributed by atoms with Crippen molar-refractivity contribution in [3.63, 3.8) is 0 Å². The number of anilines is 1. The molecule has 1 amide bonds. The van der Waals surface area contributed by atoms with Gasteiger partial charge in [0.05, 0.1) is 25.2 Å². The van der Waals surface area contributed by atoms with Crippen molar-refractivity contribution in [2.45, 2.75) is 37.0 Å². The van der Waals surface area contributed by atoms with Crippen molar-refractivity contribution in [3.8, 4) is 0 Å². The Morgan fingerprint density at radius 1 is 1.35 bits per heavy atom. The first-order valence-corrected chi connectivity index (χ1v) is 11.4. The second-order valence-corrected chi connectivity index (χ2v) is 9.15. The van der Waals surface area contributed by atoms with Crippen LogP contribution >= 0.6 is 7.75 Å². The molecule has 18 heteroatoms. The zero-order chi connectivity index (χ0) is 24.8. The van der Waals surface area contributed by atoms with Crippen LogP contribution in [0.2, 0.25) is 0 Å². The van der Waals surface area contributed by atoms with E-state index in [-0.39, 0.29) is 28.2 Å². The number of aliphatic hydroxyl groups is 2. The van der Waals surface area contributed by atoms with Crippen LogP contribution in [0.4, 0.5) is 5.95 Å². The van der Waals surface area contributed by atoms with Crippen LogP contribution in [0, 0.1) is 0 Å². The van der Waals surface area contributed by atoms with E-state index in [0.717, 1.165) is 10.9 Å². The molecule has 0 bridgehead atoms. The van der Waals surface area contributed by atoms with Gasteiger partial charge in [0.2, 0.25) is 11.9 Å². The molecule has 17 nitrogen and oxygen atoms in total. The van der Waals surface area contributed by atoms with Gasteiger partial charge in [0.25, 0.3) is 5.56 Å². The molecule has 0 saturated carbocycles. The molecular weight excluding hydrogens is 477 g/mol. The van der Waals surface area contributed by atoms with E-state index in [4.69, 9.17) is 16.2 Å². The van der Waals surface area contributed by atoms with Gasteiger partial charge in [0, 0.05) is 18.3 Å². The van der Waals surface area contributed by atoms with Crippen molar-refractivity contribution >= 4 is 30.8 Å². The average molecular weight is 499 g/mol. The van der Waals surface area contributed by atoms with Gasteiger partial charge in [0.1, 0.15) is 18.3 Å². The van der Waals surface area contributed by atoms with Crippen LogP contribution in [0.15, 0.2) is 23.6 Å². The molecular formula is C16H22N9O8P. The number of fused-ring (bicyclic) bond motifs is 1. The van der Waals surface area contributed by atoms with Gasteiger partial charge >= 0.3 is 7.75 Å². The number of hydrogen-bond acceptors (Lipinski definition) is 11. The van der Waals surface area contributed by atoms with Crippen LogP contribution in [-0.4, -0.2) is 91.0 Å². The first-order valence-electron chi connectivity index (χ1n) is 9.81. The molecule has 34 heavy (non-hydrogen) atoms. The lowest BCUT2D eigenvalue weighted by Crippen LogP contribution is -2.48. The van der Waals surface area contributed by atoms with Crippen molar-refractivity contribution in [2.24, 2.45) is 5.73 Å². The summed E-state index contributed by atoms with van der Waals surface area (Å²) in [7, 11) is -5.19. The Morgan fingerprint density at radius 3 is 2.74 bits per heavy atom. The summed E-state index contributed by atoms with van der Waals surface area (Å²) in [6.07, 6.45) is -2.29. The van der Waals surface area contributed by atoms with Gasteiger partial charge in [-0.2, -0.15) is 4.98 Å². The van der Waals surface area contributed by atoms with E-state index in [9.17, 15) is 34.2 Å². The molecule has 0 aromatic carbocycles. The molecule has 1 aliphatic heterocycles. The number of nitrogens with zero attached hydrogens (tertiary/aromatic N) is 5. The Morgan fingerprint density at radius 2 is 2.09 bits per heavy atom. The number of nitrogen functional groups attached to an aromatic ring is 1. The third-order valence-corrected chi connectivity index (χ3v) is 6.29. The third kappa shape index (κ3) is 4.45. The summed E-state index contributed by atoms with van der Waals surface area (Å²) in [6, 6.07) is -1.34. The highest BCUT2D eigenvalue weighted by Gasteiger charge is 2.47. The fourth-order valence-electron chi connectivity index (χ4n) is 3.65. The number of imidazole rings is 2. The fourth-order valence-corrected chi connectivity index (χ4v) is 4.43. The molecule has 1 fully saturated rings. The number of hydrogen-bond donors (Lipinski definition) is 8. The van der Waals surface area contributed by atoms with Gasteiger partial charge in [-0.3, -0.25) is 19.1 Å². The normalized spacial score (nSPS) is 23.9. The number of carbonyl (C=O) groups excluding carboxylic acids is 1. The highest BCUT2D eigenvalue weighted by molar-refractivity contribution is 7.49. The summed E-state index contributed by atoms with van der Waals surface area (Å²) in [5.74, 6) is -1.33. The molecule has 0 spiro atoms. The van der Waals surface area contributed by atoms with Crippen molar-refractivity contribution in [1.29, 1.82) is 0 Å². The molecule has 4 rings (SSSR count). The minimum absolute atomic E-state index is 0.0531. The first kappa shape index (κ1) is 24.0. The number of aromatic nitrogens is 6. The largest absolute Gasteiger partial charge is 0.432 e. The number of amides is 1. The number of ether oxygens (including phenoxy) is 1. The molecule has 1 aliphatic rings. The Balaban J connectivity index is 1.57. The second kappa shape index (κ2) is 8.88. The molecule has 0 radical (unpaired) electrons. The number of nitrogens with two attached hydrogens (primary N) is 2. The average Bonchev–Trinajstić information content (AvgIpc) is 3.47. The topological polar surface area (TPSA) is 272 Å². The van der Waals surface area contributed by atoms with Crippen molar-refractivity contribution in [1.82, 2.24) is 34.2 Å². The molecule has 10 N–H and O–H groups in total. The van der Waals surface area contributed by atoms with Crippen LogP contribution in [0.1, 0.15) is 11.9 Å². The summed E-state index contributed by atoms with van der Waals surface area (Å²) in [5, 5.41) is 21.0. The third-order valence-electron chi connectivity index (χ3n) is 5.30. The maximum Gasteiger partial charge on any atom is 0.432 e. The molecule has 4 heterocycles. The number of carbonyl (C=O) groups is 1. The summed E-state index contributed by atoms with van der Waals surface area (Å²) in [6.45, 7) is -0.794. The zero-order valence-electron chi connectivity index (χ0n) is 17.3. The summed E-state index contributed by atoms with van der Waals surface area (Å²) >= 11 is 0. The second-order valence-electron chi connectivity index (χ2n) is 7.64. The Labute approximate surface area is 189 Å². The van der Waals surface area contributed by atoms with Crippen LogP contribution in [0.3, 0.4) is 0 Å². The molecule has 5 atom stereocenters. The maximum atomic E-state index is 12.7. The highest BCUT2D eigenvalue weighted by Crippen LogP contribution is 2.42. The number of rotatable bonds is 7. The maximum absolute atomic E-state index is 12.7. The highest BCUT2D eigenvalue weighted by atomic mass is 31.2. The van der Waals surface area contributed by atoms with Crippen molar-refractivity contribution in [3.05, 3.63) is 34.9 Å². The predicted octanol–water partition coefficient (Wildman–Crippen LogP) is -3.46. The van der Waals surface area contributed by atoms with Crippen LogP contribution in [0.5, 0.6) is 0 Å². The van der Waals surface area contributed by atoms with E-state index >= 15 is 0 Å². The van der Waals surface area contributed by atoms with E-state index in [1.807, 2.05) is 0 Å². The summed E-state index contributed by atoms with van der Waals surface area (Å²) in [5.41, 5.74) is 11.1. The molecule has 3 aromatic rings. The molecule has 2 unspecified atom stereocenters. The van der Waals surface area contributed by atoms with E-state index in [1.165, 1.54) is 12.5 Å². The number of aromatic amines is 2. The van der Waals surface area contributed by atoms with Crippen LogP contribution in [-0.2, 0) is 20.5 Å². The lowest BCUT2D eigenvalue weighted by molar-refractivity contribution is -0.131. The van der Waals surface area contributed by atoms with Crippen molar-refractivity contribution in [2.75, 3.05) is 12.3 Å². The van der Waals surface area contributed by atoms with E-state index in [2.05, 4.69) is 24.9 Å². The minimum Gasteiger partial charge on any atom is -0.387 e. The van der Waals surface area contributed by atoms with Gasteiger partial charge in [-0.15, -0.1) is 0 Å². The minimum atomic E-state index is -5.19. The van der Waals surface area contributed by atoms with E-state index in [1.54, 1.807) is 0 Å². The predicted molar refractivity (Wildman–Crippen MR) is 113 cm³/mol. The van der Waals surface area contributed by atoms with Crippen LogP contribution in [0.25, 0.3) is 11.2 Å². The zero-order valence-corrected chi connectivity index (χ0v) is 18.2. The fraction of sp³-hybridized carbons (Fsp3) is 0.438. The van der Waals surface area contributed by atoms with E-state index in [0.29, 0.717) is 5.69 Å². The summed E-state index contributed by atoms with van der Waals surface area (Å²) < 4.78 is 19.0. The number of H-pyrrole nitrogens is 2. The monoisotopic (exact) mass is 499 g/mol. The van der Waals surface area contributed by atoms with Gasteiger partial charge in [-0.25, -0.2) is 19.2 Å². The first-order chi connectivity index (χ1) is 16.0. The van der Waals surface area contributed by atoms with Gasteiger partial charge < -0.3 is 41.2 Å². The number of nitrogens with one attached hydrogen (secondary N) is 2. The molecule has 3 aromatic heterocycles.